The first-order valence-corrected chi connectivity index (χ1v) is 10.0. The molecule has 0 saturated carbocycles. The Hall–Kier alpha value is -3.98. The van der Waals surface area contributed by atoms with E-state index in [1.54, 1.807) is 24.5 Å². The van der Waals surface area contributed by atoms with Crippen molar-refractivity contribution in [2.24, 2.45) is 0 Å². The minimum Gasteiger partial charge on any atom is -0.378 e. The summed E-state index contributed by atoms with van der Waals surface area (Å²) in [5.41, 5.74) is 3.18. The minimum atomic E-state index is -0.321. The fourth-order valence-corrected chi connectivity index (χ4v) is 3.48. The van der Waals surface area contributed by atoms with E-state index in [1.807, 2.05) is 47.1 Å². The van der Waals surface area contributed by atoms with E-state index in [1.165, 1.54) is 0 Å². The van der Waals surface area contributed by atoms with E-state index in [4.69, 9.17) is 9.72 Å². The summed E-state index contributed by atoms with van der Waals surface area (Å²) in [6.07, 6.45) is 5.16. The van der Waals surface area contributed by atoms with Gasteiger partial charge in [0.2, 0.25) is 0 Å². The maximum absolute atomic E-state index is 12.2. The van der Waals surface area contributed by atoms with Gasteiger partial charge in [0, 0.05) is 48.6 Å². The number of benzene rings is 1. The molecule has 5 rings (SSSR count). The molecule has 0 atom stereocenters. The number of amides is 2. The van der Waals surface area contributed by atoms with Crippen LogP contribution in [-0.2, 0) is 4.74 Å². The van der Waals surface area contributed by atoms with E-state index in [9.17, 15) is 4.79 Å². The van der Waals surface area contributed by atoms with Gasteiger partial charge >= 0.3 is 6.03 Å². The molecule has 3 aromatic heterocycles. The Kier molecular flexibility index (Phi) is 5.16. The van der Waals surface area contributed by atoms with Crippen molar-refractivity contribution < 1.29 is 9.53 Å². The second kappa shape index (κ2) is 8.41. The van der Waals surface area contributed by atoms with Crippen molar-refractivity contribution in [3.8, 4) is 11.4 Å². The molecule has 0 spiro atoms. The number of fused-ring (bicyclic) bond motifs is 1. The Bertz CT molecular complexity index is 1190. The number of nitrogens with zero attached hydrogens (tertiary/aromatic N) is 5. The van der Waals surface area contributed by atoms with Gasteiger partial charge in [0.25, 0.3) is 0 Å². The lowest BCUT2D eigenvalue weighted by Crippen LogP contribution is -2.37. The van der Waals surface area contributed by atoms with E-state index in [2.05, 4.69) is 25.6 Å². The molecule has 1 aliphatic heterocycles. The summed E-state index contributed by atoms with van der Waals surface area (Å²) in [5, 5.41) is 10.2. The number of anilines is 3. The number of nitrogens with one attached hydrogen (secondary N) is 2. The van der Waals surface area contributed by atoms with E-state index < -0.39 is 0 Å². The number of rotatable bonds is 4. The van der Waals surface area contributed by atoms with Crippen molar-refractivity contribution in [2.45, 2.75) is 0 Å². The Morgan fingerprint density at radius 1 is 0.935 bits per heavy atom. The number of ether oxygens (including phenoxy) is 1. The molecule has 9 heteroatoms. The number of carbonyl (C=O) groups excluding carboxylic acids is 1. The molecule has 4 aromatic rings. The van der Waals surface area contributed by atoms with Crippen LogP contribution in [0.3, 0.4) is 0 Å². The number of morpholine rings is 1. The molecule has 0 bridgehead atoms. The van der Waals surface area contributed by atoms with Crippen molar-refractivity contribution in [2.75, 3.05) is 41.8 Å². The van der Waals surface area contributed by atoms with Crippen LogP contribution < -0.4 is 15.5 Å². The van der Waals surface area contributed by atoms with Crippen molar-refractivity contribution in [1.82, 2.24) is 19.6 Å². The van der Waals surface area contributed by atoms with Gasteiger partial charge in [-0.1, -0.05) is 0 Å². The van der Waals surface area contributed by atoms with Crippen LogP contribution in [0.2, 0.25) is 0 Å². The summed E-state index contributed by atoms with van der Waals surface area (Å²) in [4.78, 5) is 23.2. The quantitative estimate of drug-likeness (QED) is 0.531. The van der Waals surface area contributed by atoms with E-state index in [0.717, 1.165) is 30.0 Å². The fraction of sp³-hybridized carbons (Fsp3) is 0.182. The van der Waals surface area contributed by atoms with Crippen molar-refractivity contribution in [1.29, 1.82) is 0 Å². The normalized spacial score (nSPS) is 13.9. The highest BCUT2D eigenvalue weighted by Gasteiger charge is 2.18. The van der Waals surface area contributed by atoms with Gasteiger partial charge in [0.15, 0.2) is 11.6 Å². The number of hydrogen-bond acceptors (Lipinski definition) is 6. The molecule has 31 heavy (non-hydrogen) atoms. The smallest absolute Gasteiger partial charge is 0.323 e. The van der Waals surface area contributed by atoms with Crippen LogP contribution in [0.5, 0.6) is 0 Å². The molecule has 1 aromatic carbocycles. The van der Waals surface area contributed by atoms with Gasteiger partial charge in [0.05, 0.1) is 13.2 Å². The van der Waals surface area contributed by atoms with Gasteiger partial charge in [-0.15, -0.1) is 5.10 Å². The lowest BCUT2D eigenvalue weighted by atomic mass is 10.2. The second-order valence-electron chi connectivity index (χ2n) is 7.09. The van der Waals surface area contributed by atoms with E-state index in [-0.39, 0.29) is 6.03 Å². The Balaban J connectivity index is 1.36. The van der Waals surface area contributed by atoms with Gasteiger partial charge in [-0.3, -0.25) is 4.98 Å². The van der Waals surface area contributed by atoms with Crippen molar-refractivity contribution >= 4 is 28.7 Å². The van der Waals surface area contributed by atoms with Crippen LogP contribution in [-0.4, -0.2) is 51.9 Å². The van der Waals surface area contributed by atoms with Crippen LogP contribution in [0.1, 0.15) is 0 Å². The monoisotopic (exact) mass is 415 g/mol. The highest BCUT2D eigenvalue weighted by molar-refractivity contribution is 5.99. The first kappa shape index (κ1) is 19.0. The van der Waals surface area contributed by atoms with Crippen LogP contribution in [0, 0.1) is 0 Å². The van der Waals surface area contributed by atoms with Crippen molar-refractivity contribution in [3.63, 3.8) is 0 Å². The third kappa shape index (κ3) is 4.17. The standard InChI is InChI=1S/C22H21N7O2/c30-22(25-18-7-9-23-10-8-18)24-17-5-3-16(4-6-17)20-26-21(28-12-14-31-15-13-28)19-2-1-11-29(19)27-20/h1-11H,12-15H2,(H2,23,24,25,30). The summed E-state index contributed by atoms with van der Waals surface area (Å²) >= 11 is 0. The predicted molar refractivity (Wildman–Crippen MR) is 118 cm³/mol. The summed E-state index contributed by atoms with van der Waals surface area (Å²) in [7, 11) is 0. The molecule has 1 fully saturated rings. The number of urea groups is 1. The third-order valence-corrected chi connectivity index (χ3v) is 5.02. The van der Waals surface area contributed by atoms with Gasteiger partial charge in [-0.2, -0.15) is 0 Å². The van der Waals surface area contributed by atoms with Crippen LogP contribution in [0.4, 0.5) is 22.0 Å². The molecule has 1 aliphatic rings. The fourth-order valence-electron chi connectivity index (χ4n) is 3.48. The van der Waals surface area contributed by atoms with Gasteiger partial charge < -0.3 is 20.3 Å². The van der Waals surface area contributed by atoms with Crippen molar-refractivity contribution in [3.05, 3.63) is 67.1 Å². The average Bonchev–Trinajstić information content (AvgIpc) is 3.29. The molecule has 1 saturated heterocycles. The SMILES string of the molecule is O=C(Nc1ccncc1)Nc1ccc(-c2nc(N3CCOCC3)c3cccn3n2)cc1. The van der Waals surface area contributed by atoms with E-state index >= 15 is 0 Å². The lowest BCUT2D eigenvalue weighted by molar-refractivity contribution is 0.122. The third-order valence-electron chi connectivity index (χ3n) is 5.02. The molecule has 2 N–H and O–H groups in total. The zero-order valence-electron chi connectivity index (χ0n) is 16.7. The predicted octanol–water partition coefficient (Wildman–Crippen LogP) is 3.27. The van der Waals surface area contributed by atoms with Crippen LogP contribution in [0.25, 0.3) is 16.9 Å². The van der Waals surface area contributed by atoms with E-state index in [0.29, 0.717) is 30.4 Å². The molecule has 0 radical (unpaired) electrons. The molecule has 0 aliphatic carbocycles. The molecular formula is C22H21N7O2. The minimum absolute atomic E-state index is 0.321. The zero-order valence-corrected chi connectivity index (χ0v) is 16.7. The highest BCUT2D eigenvalue weighted by Crippen LogP contribution is 2.25. The number of hydrogen-bond donors (Lipinski definition) is 2. The van der Waals surface area contributed by atoms with Gasteiger partial charge in [-0.05, 0) is 48.5 Å². The molecule has 2 amide bonds. The number of pyridine rings is 1. The molecular weight excluding hydrogens is 394 g/mol. The van der Waals surface area contributed by atoms with Gasteiger partial charge in [0.1, 0.15) is 5.52 Å². The lowest BCUT2D eigenvalue weighted by Gasteiger charge is -2.28. The highest BCUT2D eigenvalue weighted by atomic mass is 16.5. The largest absolute Gasteiger partial charge is 0.378 e. The summed E-state index contributed by atoms with van der Waals surface area (Å²) in [5.74, 6) is 1.52. The topological polar surface area (TPSA) is 96.7 Å². The molecule has 9 nitrogen and oxygen atoms in total. The summed E-state index contributed by atoms with van der Waals surface area (Å²) in [6, 6.07) is 14.6. The Morgan fingerprint density at radius 3 is 2.39 bits per heavy atom. The van der Waals surface area contributed by atoms with Crippen LogP contribution in [0.15, 0.2) is 67.1 Å². The summed E-state index contributed by atoms with van der Waals surface area (Å²) in [6.45, 7) is 2.97. The van der Waals surface area contributed by atoms with Crippen LogP contribution >= 0.6 is 0 Å². The average molecular weight is 415 g/mol. The maximum Gasteiger partial charge on any atom is 0.323 e. The number of carbonyl (C=O) groups is 1. The van der Waals surface area contributed by atoms with Gasteiger partial charge in [-0.25, -0.2) is 14.3 Å². The Morgan fingerprint density at radius 2 is 1.65 bits per heavy atom. The first-order chi connectivity index (χ1) is 15.3. The summed E-state index contributed by atoms with van der Waals surface area (Å²) < 4.78 is 7.33. The number of aromatic nitrogens is 4. The molecule has 0 unspecified atom stereocenters. The second-order valence-corrected chi connectivity index (χ2v) is 7.09. The first-order valence-electron chi connectivity index (χ1n) is 10.0. The Labute approximate surface area is 178 Å². The maximum atomic E-state index is 12.2. The zero-order chi connectivity index (χ0) is 21.0. The molecule has 156 valence electrons. The molecule has 4 heterocycles.